The van der Waals surface area contributed by atoms with Crippen LogP contribution in [-0.2, 0) is 4.79 Å². The molecule has 1 N–H and O–H groups in total. The number of aromatic nitrogens is 2. The van der Waals surface area contributed by atoms with Gasteiger partial charge < -0.3 is 14.2 Å². The third-order valence-corrected chi connectivity index (χ3v) is 5.63. The molecule has 2 aromatic heterocycles. The van der Waals surface area contributed by atoms with Gasteiger partial charge in [-0.3, -0.25) is 4.79 Å². The molecule has 146 valence electrons. The first-order valence-electron chi connectivity index (χ1n) is 8.76. The fourth-order valence-electron chi connectivity index (χ4n) is 2.64. The number of carbonyl (C=O) groups excluding carboxylic acids is 1. The molecule has 0 fully saturated rings. The molecule has 0 saturated heterocycles. The molecule has 4 aromatic rings. The Labute approximate surface area is 176 Å². The largest absolute Gasteiger partial charge is 0.459 e. The van der Waals surface area contributed by atoms with E-state index in [1.807, 2.05) is 49.4 Å². The first kappa shape index (κ1) is 19.3. The van der Waals surface area contributed by atoms with Crippen molar-refractivity contribution in [1.29, 1.82) is 0 Å². The molecule has 8 heteroatoms. The summed E-state index contributed by atoms with van der Waals surface area (Å²) in [6.45, 7) is 1.91. The summed E-state index contributed by atoms with van der Waals surface area (Å²) >= 11 is 7.34. The number of furan rings is 1. The summed E-state index contributed by atoms with van der Waals surface area (Å²) < 4.78 is 10.9. The highest BCUT2D eigenvalue weighted by Crippen LogP contribution is 2.37. The molecule has 0 saturated carbocycles. The van der Waals surface area contributed by atoms with Crippen LogP contribution in [0.2, 0.25) is 5.02 Å². The summed E-state index contributed by atoms with van der Waals surface area (Å²) in [5.41, 5.74) is 2.37. The van der Waals surface area contributed by atoms with Crippen LogP contribution in [0, 0.1) is 6.92 Å². The number of carbonyl (C=O) groups is 1. The Morgan fingerprint density at radius 1 is 1.10 bits per heavy atom. The number of aryl methyl sites for hydroxylation is 1. The SMILES string of the molecule is Cc1ccc(NC(=O)C(Sc2nnc(-c3ccco3)o2)c2ccccc2)cc1Cl. The molecule has 29 heavy (non-hydrogen) atoms. The topological polar surface area (TPSA) is 81.2 Å². The van der Waals surface area contributed by atoms with E-state index in [0.29, 0.717) is 16.5 Å². The number of halogens is 1. The van der Waals surface area contributed by atoms with E-state index in [1.54, 1.807) is 18.2 Å². The average Bonchev–Trinajstić information content (AvgIpc) is 3.41. The summed E-state index contributed by atoms with van der Waals surface area (Å²) in [6.07, 6.45) is 1.53. The maximum atomic E-state index is 13.1. The van der Waals surface area contributed by atoms with E-state index in [0.717, 1.165) is 11.1 Å². The summed E-state index contributed by atoms with van der Waals surface area (Å²) in [5.74, 6) is 0.508. The number of nitrogens with zero attached hydrogens (tertiary/aromatic N) is 2. The number of rotatable bonds is 6. The molecule has 4 rings (SSSR count). The Morgan fingerprint density at radius 3 is 2.66 bits per heavy atom. The quantitative estimate of drug-likeness (QED) is 0.395. The van der Waals surface area contributed by atoms with Crippen molar-refractivity contribution < 1.29 is 13.6 Å². The molecule has 0 aliphatic carbocycles. The van der Waals surface area contributed by atoms with Crippen LogP contribution in [0.4, 0.5) is 5.69 Å². The Balaban J connectivity index is 1.58. The van der Waals surface area contributed by atoms with E-state index in [1.165, 1.54) is 18.0 Å². The van der Waals surface area contributed by atoms with E-state index in [4.69, 9.17) is 20.4 Å². The number of nitrogens with one attached hydrogen (secondary N) is 1. The maximum Gasteiger partial charge on any atom is 0.284 e. The highest BCUT2D eigenvalue weighted by Gasteiger charge is 2.25. The molecular formula is C21H16ClN3O3S. The van der Waals surface area contributed by atoms with Gasteiger partial charge in [-0.2, -0.15) is 0 Å². The van der Waals surface area contributed by atoms with E-state index in [2.05, 4.69) is 15.5 Å². The van der Waals surface area contributed by atoms with Crippen LogP contribution >= 0.6 is 23.4 Å². The van der Waals surface area contributed by atoms with Gasteiger partial charge in [0.1, 0.15) is 5.25 Å². The highest BCUT2D eigenvalue weighted by molar-refractivity contribution is 8.00. The second kappa shape index (κ2) is 8.55. The van der Waals surface area contributed by atoms with Crippen LogP contribution in [0.3, 0.4) is 0 Å². The number of amides is 1. The zero-order valence-corrected chi connectivity index (χ0v) is 16.9. The molecule has 1 atom stereocenters. The Morgan fingerprint density at radius 2 is 1.93 bits per heavy atom. The van der Waals surface area contributed by atoms with Crippen LogP contribution in [0.5, 0.6) is 0 Å². The maximum absolute atomic E-state index is 13.1. The first-order chi connectivity index (χ1) is 14.1. The molecular weight excluding hydrogens is 410 g/mol. The second-order valence-electron chi connectivity index (χ2n) is 6.21. The van der Waals surface area contributed by atoms with E-state index < -0.39 is 5.25 Å². The fourth-order valence-corrected chi connectivity index (χ4v) is 3.69. The third kappa shape index (κ3) is 4.52. The zero-order chi connectivity index (χ0) is 20.2. The van der Waals surface area contributed by atoms with Gasteiger partial charge in [0.2, 0.25) is 5.91 Å². The van der Waals surface area contributed by atoms with Gasteiger partial charge in [0, 0.05) is 10.7 Å². The van der Waals surface area contributed by atoms with Crippen molar-refractivity contribution in [1.82, 2.24) is 10.2 Å². The number of hydrogen-bond donors (Lipinski definition) is 1. The second-order valence-corrected chi connectivity index (χ2v) is 7.68. The fraction of sp³-hybridized carbons (Fsp3) is 0.0952. The highest BCUT2D eigenvalue weighted by atomic mass is 35.5. The van der Waals surface area contributed by atoms with E-state index >= 15 is 0 Å². The number of thioether (sulfide) groups is 1. The van der Waals surface area contributed by atoms with Gasteiger partial charge in [-0.25, -0.2) is 0 Å². The lowest BCUT2D eigenvalue weighted by Gasteiger charge is -2.15. The predicted molar refractivity (Wildman–Crippen MR) is 112 cm³/mol. The molecule has 0 bridgehead atoms. The van der Waals surface area contributed by atoms with Crippen molar-refractivity contribution in [2.75, 3.05) is 5.32 Å². The van der Waals surface area contributed by atoms with Gasteiger partial charge in [0.05, 0.1) is 6.26 Å². The summed E-state index contributed by atoms with van der Waals surface area (Å²) in [5, 5.41) is 11.2. The predicted octanol–water partition coefficient (Wildman–Crippen LogP) is 5.76. The number of hydrogen-bond acceptors (Lipinski definition) is 6. The summed E-state index contributed by atoms with van der Waals surface area (Å²) in [6, 6.07) is 18.3. The lowest BCUT2D eigenvalue weighted by Crippen LogP contribution is -2.19. The number of anilines is 1. The molecule has 0 aliphatic heterocycles. The third-order valence-electron chi connectivity index (χ3n) is 4.14. The van der Waals surface area contributed by atoms with Gasteiger partial charge >= 0.3 is 0 Å². The molecule has 1 unspecified atom stereocenters. The van der Waals surface area contributed by atoms with Crippen LogP contribution in [0.25, 0.3) is 11.7 Å². The Kier molecular flexibility index (Phi) is 5.69. The summed E-state index contributed by atoms with van der Waals surface area (Å²) in [4.78, 5) is 13.1. The van der Waals surface area contributed by atoms with Crippen molar-refractivity contribution in [2.45, 2.75) is 17.4 Å². The van der Waals surface area contributed by atoms with Crippen LogP contribution < -0.4 is 5.32 Å². The average molecular weight is 426 g/mol. The van der Waals surface area contributed by atoms with Crippen LogP contribution in [-0.4, -0.2) is 16.1 Å². The molecule has 2 heterocycles. The van der Waals surface area contributed by atoms with Crippen molar-refractivity contribution in [3.05, 3.63) is 83.1 Å². The standard InChI is InChI=1S/C21H16ClN3O3S/c1-13-9-10-15(12-16(13)22)23-19(26)18(14-6-3-2-4-7-14)29-21-25-24-20(28-21)17-8-5-11-27-17/h2-12,18H,1H3,(H,23,26). The minimum atomic E-state index is -0.596. The lowest BCUT2D eigenvalue weighted by atomic mass is 10.1. The van der Waals surface area contributed by atoms with Crippen molar-refractivity contribution in [3.8, 4) is 11.7 Å². The molecule has 1 amide bonds. The molecule has 2 aromatic carbocycles. The minimum absolute atomic E-state index is 0.223. The first-order valence-corrected chi connectivity index (χ1v) is 10.0. The van der Waals surface area contributed by atoms with Gasteiger partial charge in [0.25, 0.3) is 11.1 Å². The zero-order valence-electron chi connectivity index (χ0n) is 15.3. The van der Waals surface area contributed by atoms with E-state index in [9.17, 15) is 4.79 Å². The van der Waals surface area contributed by atoms with E-state index in [-0.39, 0.29) is 17.0 Å². The van der Waals surface area contributed by atoms with Crippen LogP contribution in [0.1, 0.15) is 16.4 Å². The number of benzene rings is 2. The van der Waals surface area contributed by atoms with Gasteiger partial charge in [-0.05, 0) is 54.1 Å². The van der Waals surface area contributed by atoms with Gasteiger partial charge in [-0.15, -0.1) is 10.2 Å². The van der Waals surface area contributed by atoms with Crippen LogP contribution in [0.15, 0.2) is 81.0 Å². The smallest absolute Gasteiger partial charge is 0.284 e. The lowest BCUT2D eigenvalue weighted by molar-refractivity contribution is -0.115. The molecule has 0 radical (unpaired) electrons. The summed E-state index contributed by atoms with van der Waals surface area (Å²) in [7, 11) is 0. The Bertz CT molecular complexity index is 1110. The van der Waals surface area contributed by atoms with Gasteiger partial charge in [0.15, 0.2) is 5.76 Å². The molecule has 0 aliphatic rings. The molecule has 0 spiro atoms. The monoisotopic (exact) mass is 425 g/mol. The normalized spacial score (nSPS) is 11.9. The van der Waals surface area contributed by atoms with Crippen molar-refractivity contribution >= 4 is 35.0 Å². The Hall–Kier alpha value is -3.03. The molecule has 6 nitrogen and oxygen atoms in total. The van der Waals surface area contributed by atoms with Crippen molar-refractivity contribution in [2.24, 2.45) is 0 Å². The van der Waals surface area contributed by atoms with Crippen molar-refractivity contribution in [3.63, 3.8) is 0 Å². The van der Waals surface area contributed by atoms with Gasteiger partial charge in [-0.1, -0.05) is 48.0 Å². The minimum Gasteiger partial charge on any atom is -0.459 e.